The van der Waals surface area contributed by atoms with Crippen molar-refractivity contribution in [3.63, 3.8) is 0 Å². The van der Waals surface area contributed by atoms with E-state index in [9.17, 15) is 0 Å². The second-order valence-electron chi connectivity index (χ2n) is 4.76. The predicted octanol–water partition coefficient (Wildman–Crippen LogP) is 3.28. The van der Waals surface area contributed by atoms with Crippen molar-refractivity contribution in [2.24, 2.45) is 11.8 Å². The molecular formula is C12H23N. The van der Waals surface area contributed by atoms with Crippen LogP contribution in [0.1, 0.15) is 40.5 Å². The molecule has 76 valence electrons. The van der Waals surface area contributed by atoms with Crippen LogP contribution in [0.25, 0.3) is 0 Å². The molecule has 1 heteroatoms. The molecule has 0 spiro atoms. The topological polar surface area (TPSA) is 3.24 Å². The third-order valence-corrected chi connectivity index (χ3v) is 3.05. The Balaban J connectivity index is 2.56. The molecule has 0 saturated carbocycles. The van der Waals surface area contributed by atoms with Crippen molar-refractivity contribution >= 4 is 0 Å². The second kappa shape index (κ2) is 4.69. The van der Waals surface area contributed by atoms with E-state index in [0.29, 0.717) is 6.04 Å². The lowest BCUT2D eigenvalue weighted by atomic mass is 9.91. The summed E-state index contributed by atoms with van der Waals surface area (Å²) in [4.78, 5) is 2.47. The van der Waals surface area contributed by atoms with E-state index in [0.717, 1.165) is 11.8 Å². The summed E-state index contributed by atoms with van der Waals surface area (Å²) in [6.45, 7) is 10.5. The monoisotopic (exact) mass is 181 g/mol. The first-order valence-electron chi connectivity index (χ1n) is 5.53. The first-order chi connectivity index (χ1) is 6.11. The quantitative estimate of drug-likeness (QED) is 0.632. The highest BCUT2D eigenvalue weighted by atomic mass is 15.1. The summed E-state index contributed by atoms with van der Waals surface area (Å²) in [6.07, 6.45) is 7.22. The van der Waals surface area contributed by atoms with Gasteiger partial charge in [0, 0.05) is 12.6 Å². The SMILES string of the molecule is CC(C)C1CCC=CN(C(C)C)C1. The molecular weight excluding hydrogens is 158 g/mol. The van der Waals surface area contributed by atoms with E-state index in [1.54, 1.807) is 0 Å². The van der Waals surface area contributed by atoms with E-state index >= 15 is 0 Å². The standard InChI is InChI=1S/C12H23N/c1-10(2)12-7-5-6-8-13(9-12)11(3)4/h6,8,10-12H,5,7,9H2,1-4H3. The normalized spacial score (nSPS) is 24.2. The first-order valence-corrected chi connectivity index (χ1v) is 5.53. The molecule has 0 fully saturated rings. The average Bonchev–Trinajstić information content (AvgIpc) is 2.28. The van der Waals surface area contributed by atoms with Crippen LogP contribution < -0.4 is 0 Å². The Bertz CT molecular complexity index is 170. The predicted molar refractivity (Wildman–Crippen MR) is 58.5 cm³/mol. The number of allylic oxidation sites excluding steroid dienone is 1. The molecule has 1 unspecified atom stereocenters. The maximum atomic E-state index is 2.47. The lowest BCUT2D eigenvalue weighted by Gasteiger charge is -2.29. The van der Waals surface area contributed by atoms with E-state index < -0.39 is 0 Å². The van der Waals surface area contributed by atoms with Crippen molar-refractivity contribution < 1.29 is 0 Å². The van der Waals surface area contributed by atoms with Gasteiger partial charge in [0.15, 0.2) is 0 Å². The van der Waals surface area contributed by atoms with Crippen molar-refractivity contribution in [3.8, 4) is 0 Å². The van der Waals surface area contributed by atoms with E-state index in [4.69, 9.17) is 0 Å². The van der Waals surface area contributed by atoms with Crippen LogP contribution in [0.15, 0.2) is 12.3 Å². The number of rotatable bonds is 2. The van der Waals surface area contributed by atoms with E-state index in [-0.39, 0.29) is 0 Å². The molecule has 1 nitrogen and oxygen atoms in total. The van der Waals surface area contributed by atoms with E-state index in [1.807, 2.05) is 0 Å². The Hall–Kier alpha value is -0.460. The van der Waals surface area contributed by atoms with E-state index in [2.05, 4.69) is 44.9 Å². The Morgan fingerprint density at radius 1 is 1.23 bits per heavy atom. The van der Waals surface area contributed by atoms with Gasteiger partial charge in [-0.2, -0.15) is 0 Å². The summed E-state index contributed by atoms with van der Waals surface area (Å²) < 4.78 is 0. The van der Waals surface area contributed by atoms with E-state index in [1.165, 1.54) is 19.4 Å². The summed E-state index contributed by atoms with van der Waals surface area (Å²) in [5.74, 6) is 1.69. The molecule has 0 aromatic carbocycles. The fraction of sp³-hybridized carbons (Fsp3) is 0.833. The van der Waals surface area contributed by atoms with Crippen molar-refractivity contribution in [1.82, 2.24) is 4.90 Å². The lowest BCUT2D eigenvalue weighted by molar-refractivity contribution is 0.225. The minimum Gasteiger partial charge on any atom is -0.375 e. The molecule has 1 aliphatic heterocycles. The van der Waals surface area contributed by atoms with Gasteiger partial charge in [-0.15, -0.1) is 0 Å². The van der Waals surface area contributed by atoms with Gasteiger partial charge < -0.3 is 4.90 Å². The van der Waals surface area contributed by atoms with Crippen LogP contribution in [0.4, 0.5) is 0 Å². The minimum absolute atomic E-state index is 0.649. The molecule has 0 saturated heterocycles. The van der Waals surface area contributed by atoms with Crippen molar-refractivity contribution in [1.29, 1.82) is 0 Å². The Kier molecular flexibility index (Phi) is 3.83. The number of nitrogens with zero attached hydrogens (tertiary/aromatic N) is 1. The molecule has 1 atom stereocenters. The smallest absolute Gasteiger partial charge is 0.0227 e. The highest BCUT2D eigenvalue weighted by Crippen LogP contribution is 2.22. The van der Waals surface area contributed by atoms with Gasteiger partial charge in [0.2, 0.25) is 0 Å². The van der Waals surface area contributed by atoms with Crippen LogP contribution in [0.5, 0.6) is 0 Å². The van der Waals surface area contributed by atoms with Gasteiger partial charge in [0.05, 0.1) is 0 Å². The van der Waals surface area contributed by atoms with Crippen LogP contribution in [-0.2, 0) is 0 Å². The molecule has 0 aromatic heterocycles. The van der Waals surface area contributed by atoms with Crippen LogP contribution in [-0.4, -0.2) is 17.5 Å². The van der Waals surface area contributed by atoms with Crippen LogP contribution >= 0.6 is 0 Å². The van der Waals surface area contributed by atoms with Crippen LogP contribution in [0.3, 0.4) is 0 Å². The number of hydrogen-bond donors (Lipinski definition) is 0. The minimum atomic E-state index is 0.649. The van der Waals surface area contributed by atoms with Crippen LogP contribution in [0.2, 0.25) is 0 Å². The summed E-state index contributed by atoms with van der Waals surface area (Å²) in [5.41, 5.74) is 0. The third kappa shape index (κ3) is 3.06. The molecule has 0 aliphatic carbocycles. The zero-order chi connectivity index (χ0) is 9.84. The molecule has 13 heavy (non-hydrogen) atoms. The van der Waals surface area contributed by atoms with Crippen molar-refractivity contribution in [3.05, 3.63) is 12.3 Å². The molecule has 1 aliphatic rings. The highest BCUT2D eigenvalue weighted by molar-refractivity contribution is 4.90. The van der Waals surface area contributed by atoms with Crippen molar-refractivity contribution in [2.45, 2.75) is 46.6 Å². The third-order valence-electron chi connectivity index (χ3n) is 3.05. The van der Waals surface area contributed by atoms with Gasteiger partial charge in [0.1, 0.15) is 0 Å². The maximum Gasteiger partial charge on any atom is 0.0227 e. The van der Waals surface area contributed by atoms with Crippen molar-refractivity contribution in [2.75, 3.05) is 6.54 Å². The van der Waals surface area contributed by atoms with Crippen LogP contribution in [0, 0.1) is 11.8 Å². The number of hydrogen-bond acceptors (Lipinski definition) is 1. The molecule has 0 N–H and O–H groups in total. The zero-order valence-electron chi connectivity index (χ0n) is 9.46. The average molecular weight is 181 g/mol. The molecule has 0 radical (unpaired) electrons. The summed E-state index contributed by atoms with van der Waals surface area (Å²) >= 11 is 0. The summed E-state index contributed by atoms with van der Waals surface area (Å²) in [5, 5.41) is 0. The Morgan fingerprint density at radius 3 is 2.46 bits per heavy atom. The molecule has 1 heterocycles. The molecule has 1 rings (SSSR count). The molecule has 0 aromatic rings. The van der Waals surface area contributed by atoms with Gasteiger partial charge >= 0.3 is 0 Å². The largest absolute Gasteiger partial charge is 0.375 e. The Labute approximate surface area is 82.8 Å². The van der Waals surface area contributed by atoms with Gasteiger partial charge in [0.25, 0.3) is 0 Å². The van der Waals surface area contributed by atoms with Gasteiger partial charge in [-0.25, -0.2) is 0 Å². The van der Waals surface area contributed by atoms with Gasteiger partial charge in [-0.1, -0.05) is 19.9 Å². The highest BCUT2D eigenvalue weighted by Gasteiger charge is 2.18. The van der Waals surface area contributed by atoms with Gasteiger partial charge in [-0.3, -0.25) is 0 Å². The van der Waals surface area contributed by atoms with Gasteiger partial charge in [-0.05, 0) is 44.7 Å². The zero-order valence-corrected chi connectivity index (χ0v) is 9.46. The second-order valence-corrected chi connectivity index (χ2v) is 4.76. The first kappa shape index (κ1) is 10.6. The fourth-order valence-electron chi connectivity index (χ4n) is 1.87. The fourth-order valence-corrected chi connectivity index (χ4v) is 1.87. The Morgan fingerprint density at radius 2 is 1.92 bits per heavy atom. The summed E-state index contributed by atoms with van der Waals surface area (Å²) in [6, 6.07) is 0.649. The molecule has 0 bridgehead atoms. The molecule has 0 amide bonds. The maximum absolute atomic E-state index is 2.47. The summed E-state index contributed by atoms with van der Waals surface area (Å²) in [7, 11) is 0. The lowest BCUT2D eigenvalue weighted by Crippen LogP contribution is -2.31.